The van der Waals surface area contributed by atoms with Gasteiger partial charge in [-0.05, 0) is 71.8 Å². The van der Waals surface area contributed by atoms with E-state index in [1.54, 1.807) is 0 Å². The van der Waals surface area contributed by atoms with Gasteiger partial charge in [0.1, 0.15) is 32.4 Å². The number of carboxylic acids is 2. The Kier molecular flexibility index (Phi) is 9.38. The van der Waals surface area contributed by atoms with E-state index in [0.29, 0.717) is 0 Å². The molecule has 0 aromatic heterocycles. The highest BCUT2D eigenvalue weighted by molar-refractivity contribution is 7.86. The molecule has 0 amide bonds. The van der Waals surface area contributed by atoms with Crippen molar-refractivity contribution in [2.75, 3.05) is 0 Å². The molecule has 0 aliphatic rings. The number of rotatable bonds is 10. The van der Waals surface area contributed by atoms with Crippen LogP contribution >= 0.6 is 0 Å². The van der Waals surface area contributed by atoms with Gasteiger partial charge in [0, 0.05) is 0 Å². The first-order chi connectivity index (χ1) is 21.5. The van der Waals surface area contributed by atoms with Crippen LogP contribution in [0, 0.1) is 0 Å². The van der Waals surface area contributed by atoms with Crippen molar-refractivity contribution in [2.45, 2.75) is 9.79 Å². The summed E-state index contributed by atoms with van der Waals surface area (Å²) in [6.45, 7) is 0. The molecule has 0 bridgehead atoms. The van der Waals surface area contributed by atoms with E-state index in [1.807, 2.05) is 0 Å². The van der Waals surface area contributed by atoms with Crippen LogP contribution in [0.4, 0.5) is 22.7 Å². The van der Waals surface area contributed by atoms with Gasteiger partial charge in [-0.3, -0.25) is 9.11 Å². The van der Waals surface area contributed by atoms with Gasteiger partial charge in [-0.2, -0.15) is 37.3 Å². The predicted octanol–water partition coefficient (Wildman–Crippen LogP) is 5.99. The lowest BCUT2D eigenvalue weighted by atomic mass is 10.1. The van der Waals surface area contributed by atoms with Gasteiger partial charge in [0.15, 0.2) is 0 Å². The number of hydrogen-bond donors (Lipinski definition) is 6. The lowest BCUT2D eigenvalue weighted by Gasteiger charge is -2.06. The van der Waals surface area contributed by atoms with Crippen molar-refractivity contribution in [3.63, 3.8) is 0 Å². The third-order valence-electron chi connectivity index (χ3n) is 5.98. The van der Waals surface area contributed by atoms with E-state index in [-0.39, 0.29) is 33.9 Å². The molecule has 0 unspecified atom stereocenters. The number of hydrogen-bond acceptors (Lipinski definition) is 12. The van der Waals surface area contributed by atoms with Crippen molar-refractivity contribution in [3.8, 4) is 11.5 Å². The number of nitrogens with zero attached hydrogens (tertiary/aromatic N) is 4. The van der Waals surface area contributed by atoms with Crippen molar-refractivity contribution >= 4 is 67.1 Å². The number of aromatic carboxylic acids is 2. The minimum atomic E-state index is -4.87. The van der Waals surface area contributed by atoms with Crippen LogP contribution in [0.15, 0.2) is 103 Å². The van der Waals surface area contributed by atoms with E-state index >= 15 is 0 Å². The molecule has 0 saturated carbocycles. The summed E-state index contributed by atoms with van der Waals surface area (Å²) in [5, 5.41) is 52.8. The molecule has 236 valence electrons. The monoisotopic (exact) mass is 668 g/mol. The first-order valence-electron chi connectivity index (χ1n) is 12.4. The average Bonchev–Trinajstić information content (AvgIpc) is 2.98. The molecule has 4 rings (SSSR count). The second-order valence-corrected chi connectivity index (χ2v) is 11.9. The molecule has 6 N–H and O–H groups in total. The van der Waals surface area contributed by atoms with Gasteiger partial charge in [-0.25, -0.2) is 9.59 Å². The van der Waals surface area contributed by atoms with Crippen LogP contribution in [-0.4, -0.2) is 58.3 Å². The Bertz CT molecular complexity index is 2040. The van der Waals surface area contributed by atoms with E-state index in [2.05, 4.69) is 20.5 Å². The van der Waals surface area contributed by atoms with E-state index < -0.39 is 64.6 Å². The number of carboxylic acid groups (broad SMARTS) is 2. The van der Waals surface area contributed by atoms with Gasteiger partial charge < -0.3 is 20.4 Å². The number of benzene rings is 4. The number of phenols is 2. The van der Waals surface area contributed by atoms with Crippen molar-refractivity contribution in [2.24, 2.45) is 20.5 Å². The molecule has 18 heteroatoms. The molecule has 0 aliphatic carbocycles. The Morgan fingerprint density at radius 1 is 0.522 bits per heavy atom. The van der Waals surface area contributed by atoms with E-state index in [0.717, 1.165) is 48.6 Å². The minimum Gasteiger partial charge on any atom is -0.507 e. The van der Waals surface area contributed by atoms with E-state index in [9.17, 15) is 45.7 Å². The molecule has 0 heterocycles. The zero-order valence-electron chi connectivity index (χ0n) is 22.8. The predicted molar refractivity (Wildman–Crippen MR) is 160 cm³/mol. The summed E-state index contributed by atoms with van der Waals surface area (Å²) in [4.78, 5) is 21.1. The van der Waals surface area contributed by atoms with Gasteiger partial charge in [0.25, 0.3) is 20.2 Å². The summed E-state index contributed by atoms with van der Waals surface area (Å²) in [5.41, 5.74) is -1.25. The number of aromatic hydroxyl groups is 2. The van der Waals surface area contributed by atoms with Gasteiger partial charge >= 0.3 is 11.9 Å². The molecule has 16 nitrogen and oxygen atoms in total. The van der Waals surface area contributed by atoms with Crippen LogP contribution in [0.3, 0.4) is 0 Å². The summed E-state index contributed by atoms with van der Waals surface area (Å²) < 4.78 is 68.2. The summed E-state index contributed by atoms with van der Waals surface area (Å²) in [6.07, 6.45) is 2.27. The Hall–Kier alpha value is -5.82. The molecule has 0 saturated heterocycles. The molecule has 46 heavy (non-hydrogen) atoms. The lowest BCUT2D eigenvalue weighted by molar-refractivity contribution is 0.0682. The fourth-order valence-electron chi connectivity index (χ4n) is 3.82. The van der Waals surface area contributed by atoms with Crippen LogP contribution < -0.4 is 0 Å². The molecule has 0 spiro atoms. The van der Waals surface area contributed by atoms with Crippen LogP contribution in [0.5, 0.6) is 11.5 Å². The largest absolute Gasteiger partial charge is 0.507 e. The van der Waals surface area contributed by atoms with Crippen LogP contribution in [0.1, 0.15) is 31.8 Å². The van der Waals surface area contributed by atoms with Gasteiger partial charge in [-0.15, -0.1) is 0 Å². The highest BCUT2D eigenvalue weighted by Gasteiger charge is 2.18. The van der Waals surface area contributed by atoms with Crippen LogP contribution in [0.2, 0.25) is 0 Å². The Balaban J connectivity index is 1.66. The summed E-state index contributed by atoms with van der Waals surface area (Å²) in [7, 11) is -9.74. The Morgan fingerprint density at radius 2 is 0.826 bits per heavy atom. The molecule has 0 atom stereocenters. The zero-order chi connectivity index (χ0) is 33.8. The highest BCUT2D eigenvalue weighted by atomic mass is 32.2. The Morgan fingerprint density at radius 3 is 1.13 bits per heavy atom. The maximum absolute atomic E-state index is 12.1. The van der Waals surface area contributed by atoms with Gasteiger partial charge in [-0.1, -0.05) is 24.3 Å². The first kappa shape index (κ1) is 33.1. The average molecular weight is 669 g/mol. The normalized spacial score (nSPS) is 12.3. The second kappa shape index (κ2) is 13.0. The number of azo groups is 2. The summed E-state index contributed by atoms with van der Waals surface area (Å²) in [6, 6.07) is 13.7. The molecular weight excluding hydrogens is 648 g/mol. The van der Waals surface area contributed by atoms with Crippen LogP contribution in [0.25, 0.3) is 12.2 Å². The van der Waals surface area contributed by atoms with Crippen molar-refractivity contribution in [3.05, 3.63) is 95.1 Å². The maximum atomic E-state index is 12.1. The first-order valence-corrected chi connectivity index (χ1v) is 15.3. The molecule has 0 radical (unpaired) electrons. The lowest BCUT2D eigenvalue weighted by Crippen LogP contribution is -2.01. The van der Waals surface area contributed by atoms with E-state index in [4.69, 9.17) is 10.2 Å². The fraction of sp³-hybridized carbons (Fsp3) is 0. The SMILES string of the molecule is O=C(O)c1cc(N=Nc2ccc(/C=C/c3ccc(N=Nc4ccc(O)c(C(=O)O)c4)cc3S(=O)(=O)O)c(S(=O)(=O)O)c2)ccc1O. The molecule has 0 aliphatic heterocycles. The fourth-order valence-corrected chi connectivity index (χ4v) is 5.23. The van der Waals surface area contributed by atoms with Gasteiger partial charge in [0.2, 0.25) is 0 Å². The second-order valence-electron chi connectivity index (χ2n) is 9.14. The third-order valence-corrected chi connectivity index (χ3v) is 7.79. The standard InChI is InChI=1S/C28H20N4O12S2/c33-23-9-7-17(11-21(23)27(35)36)29-31-19-5-3-15(25(13-19)45(39,40)41)1-2-16-4-6-20(14-26(16)46(42,43)44)32-30-18-8-10-24(34)22(12-18)28(37)38/h1-14,33-34H,(H,35,36)(H,37,38)(H,39,40,41)(H,42,43,44)/b2-1+,31-29?,32-30?. The van der Waals surface area contributed by atoms with Crippen LogP contribution in [-0.2, 0) is 20.2 Å². The van der Waals surface area contributed by atoms with Crippen molar-refractivity contribution < 1.29 is 56.0 Å². The third kappa shape index (κ3) is 8.01. The quantitative estimate of drug-likeness (QED) is 0.0646. The summed E-state index contributed by atoms with van der Waals surface area (Å²) in [5.74, 6) is -3.84. The topological polar surface area (TPSA) is 273 Å². The molecule has 4 aromatic rings. The Labute approximate surface area is 259 Å². The molecule has 0 fully saturated rings. The molecule has 4 aromatic carbocycles. The molecular formula is C28H20N4O12S2. The van der Waals surface area contributed by atoms with Crippen molar-refractivity contribution in [1.29, 1.82) is 0 Å². The summed E-state index contributed by atoms with van der Waals surface area (Å²) >= 11 is 0. The smallest absolute Gasteiger partial charge is 0.339 e. The van der Waals surface area contributed by atoms with Crippen molar-refractivity contribution in [1.82, 2.24) is 0 Å². The highest BCUT2D eigenvalue weighted by Crippen LogP contribution is 2.31. The van der Waals surface area contributed by atoms with Gasteiger partial charge in [0.05, 0.1) is 22.7 Å². The zero-order valence-corrected chi connectivity index (χ0v) is 24.5. The maximum Gasteiger partial charge on any atom is 0.339 e. The van der Waals surface area contributed by atoms with E-state index in [1.165, 1.54) is 36.4 Å². The minimum absolute atomic E-state index is 0.0152. The number of carbonyl (C=O) groups is 2.